The van der Waals surface area contributed by atoms with E-state index in [-0.39, 0.29) is 11.9 Å². The molecule has 6 nitrogen and oxygen atoms in total. The van der Waals surface area contributed by atoms with Crippen molar-refractivity contribution in [1.82, 2.24) is 15.6 Å². The summed E-state index contributed by atoms with van der Waals surface area (Å²) in [4.78, 5) is 26.6. The monoisotopic (exact) mass is 285 g/mol. The van der Waals surface area contributed by atoms with Gasteiger partial charge in [-0.05, 0) is 13.8 Å². The molecule has 0 fully saturated rings. The zero-order valence-corrected chi connectivity index (χ0v) is 12.0. The van der Waals surface area contributed by atoms with Crippen LogP contribution in [-0.4, -0.2) is 34.7 Å². The van der Waals surface area contributed by atoms with Gasteiger partial charge in [0.25, 0.3) is 0 Å². The van der Waals surface area contributed by atoms with Crippen LogP contribution in [0.15, 0.2) is 11.6 Å². The number of carbonyl (C=O) groups excluding carboxylic acids is 1. The Morgan fingerprint density at radius 3 is 2.63 bits per heavy atom. The number of carboxylic acid groups (broad SMARTS) is 1. The first kappa shape index (κ1) is 15.4. The van der Waals surface area contributed by atoms with Crippen LogP contribution >= 0.6 is 11.3 Å². The Morgan fingerprint density at radius 2 is 2.11 bits per heavy atom. The Hall–Kier alpha value is -1.63. The summed E-state index contributed by atoms with van der Waals surface area (Å²) >= 11 is 1.54. The van der Waals surface area contributed by atoms with Gasteiger partial charge < -0.3 is 15.7 Å². The molecular weight excluding hydrogens is 266 g/mol. The quantitative estimate of drug-likeness (QED) is 0.741. The predicted octanol–water partition coefficient (Wildman–Crippen LogP) is 1.65. The van der Waals surface area contributed by atoms with Crippen LogP contribution in [0.3, 0.4) is 0 Å². The van der Waals surface area contributed by atoms with Crippen LogP contribution in [0.2, 0.25) is 0 Å². The molecule has 0 spiro atoms. The molecule has 19 heavy (non-hydrogen) atoms. The summed E-state index contributed by atoms with van der Waals surface area (Å²) in [6, 6.07) is -0.781. The lowest BCUT2D eigenvalue weighted by atomic mass is 10.0. The lowest BCUT2D eigenvalue weighted by Crippen LogP contribution is -2.46. The van der Waals surface area contributed by atoms with E-state index in [9.17, 15) is 9.59 Å². The number of aliphatic carboxylic acids is 1. The Kier molecular flexibility index (Phi) is 5.75. The fraction of sp³-hybridized carbons (Fsp3) is 0.583. The maximum Gasteiger partial charge on any atom is 0.315 e. The molecule has 3 N–H and O–H groups in total. The number of hydrogen-bond acceptors (Lipinski definition) is 4. The Bertz CT molecular complexity index is 422. The molecule has 3 atom stereocenters. The highest BCUT2D eigenvalue weighted by Gasteiger charge is 2.21. The molecule has 0 aliphatic carbocycles. The van der Waals surface area contributed by atoms with E-state index >= 15 is 0 Å². The van der Waals surface area contributed by atoms with Crippen molar-refractivity contribution in [2.24, 2.45) is 5.92 Å². The molecule has 0 aliphatic heterocycles. The number of amides is 2. The SMILES string of the molecule is CC(CNC(=O)NC(C)C(C)C(=O)O)c1nccs1. The third-order valence-corrected chi connectivity index (χ3v) is 3.95. The Balaban J connectivity index is 2.34. The Morgan fingerprint density at radius 1 is 1.42 bits per heavy atom. The molecule has 1 heterocycles. The molecule has 106 valence electrons. The van der Waals surface area contributed by atoms with Gasteiger partial charge in [0, 0.05) is 30.1 Å². The summed E-state index contributed by atoms with van der Waals surface area (Å²) in [5.41, 5.74) is 0. The van der Waals surface area contributed by atoms with Crippen molar-refractivity contribution >= 4 is 23.3 Å². The van der Waals surface area contributed by atoms with Gasteiger partial charge in [-0.3, -0.25) is 4.79 Å². The minimum absolute atomic E-state index is 0.137. The van der Waals surface area contributed by atoms with Gasteiger partial charge in [0.2, 0.25) is 0 Å². The molecule has 3 unspecified atom stereocenters. The minimum Gasteiger partial charge on any atom is -0.481 e. The Labute approximate surface area is 116 Å². The number of thiazole rings is 1. The lowest BCUT2D eigenvalue weighted by molar-refractivity contribution is -0.141. The molecule has 1 aromatic rings. The topological polar surface area (TPSA) is 91.3 Å². The van der Waals surface area contributed by atoms with E-state index in [1.54, 1.807) is 31.4 Å². The molecule has 0 aromatic carbocycles. The smallest absolute Gasteiger partial charge is 0.315 e. The number of aromatic nitrogens is 1. The van der Waals surface area contributed by atoms with Crippen LogP contribution in [0.25, 0.3) is 0 Å². The van der Waals surface area contributed by atoms with E-state index in [2.05, 4.69) is 15.6 Å². The first-order valence-electron chi connectivity index (χ1n) is 6.08. The van der Waals surface area contributed by atoms with Crippen molar-refractivity contribution in [2.75, 3.05) is 6.54 Å². The van der Waals surface area contributed by atoms with Crippen molar-refractivity contribution < 1.29 is 14.7 Å². The minimum atomic E-state index is -0.927. The van der Waals surface area contributed by atoms with E-state index in [0.717, 1.165) is 5.01 Å². The van der Waals surface area contributed by atoms with Crippen LogP contribution in [0.5, 0.6) is 0 Å². The predicted molar refractivity (Wildman–Crippen MR) is 73.3 cm³/mol. The maximum absolute atomic E-state index is 11.6. The average Bonchev–Trinajstić information content (AvgIpc) is 2.88. The zero-order chi connectivity index (χ0) is 14.4. The molecule has 7 heteroatoms. The molecule has 0 saturated heterocycles. The number of carbonyl (C=O) groups is 2. The molecule has 1 rings (SSSR count). The number of urea groups is 1. The number of nitrogens with zero attached hydrogens (tertiary/aromatic N) is 1. The summed E-state index contributed by atoms with van der Waals surface area (Å²) in [6.07, 6.45) is 1.73. The van der Waals surface area contributed by atoms with Gasteiger partial charge in [0.1, 0.15) is 0 Å². The first-order valence-corrected chi connectivity index (χ1v) is 6.96. The van der Waals surface area contributed by atoms with Gasteiger partial charge >= 0.3 is 12.0 Å². The van der Waals surface area contributed by atoms with E-state index in [0.29, 0.717) is 6.54 Å². The second-order valence-electron chi connectivity index (χ2n) is 4.54. The molecule has 0 aliphatic rings. The van der Waals surface area contributed by atoms with E-state index in [1.807, 2.05) is 12.3 Å². The largest absolute Gasteiger partial charge is 0.481 e. The zero-order valence-electron chi connectivity index (χ0n) is 11.2. The normalized spacial score (nSPS) is 15.3. The second kappa shape index (κ2) is 7.08. The van der Waals surface area contributed by atoms with Crippen LogP contribution in [-0.2, 0) is 4.79 Å². The summed E-state index contributed by atoms with van der Waals surface area (Å²) in [7, 11) is 0. The van der Waals surface area contributed by atoms with Crippen molar-refractivity contribution in [3.63, 3.8) is 0 Å². The number of hydrogen-bond donors (Lipinski definition) is 3. The highest BCUT2D eigenvalue weighted by Crippen LogP contribution is 2.16. The number of carboxylic acids is 1. The second-order valence-corrected chi connectivity index (χ2v) is 5.47. The molecule has 2 amide bonds. The van der Waals surface area contributed by atoms with Crippen LogP contribution in [0.1, 0.15) is 31.7 Å². The standard InChI is InChI=1S/C12H19N3O3S/c1-7(10-13-4-5-19-10)6-14-12(18)15-9(3)8(2)11(16)17/h4-5,7-9H,6H2,1-3H3,(H,16,17)(H2,14,15,18). The average molecular weight is 285 g/mol. The highest BCUT2D eigenvalue weighted by atomic mass is 32.1. The van der Waals surface area contributed by atoms with Crippen molar-refractivity contribution in [1.29, 1.82) is 0 Å². The maximum atomic E-state index is 11.6. The third-order valence-electron chi connectivity index (χ3n) is 2.94. The summed E-state index contributed by atoms with van der Waals surface area (Å²) in [5, 5.41) is 17.0. The number of rotatable bonds is 6. The van der Waals surface area contributed by atoms with Crippen LogP contribution < -0.4 is 10.6 Å². The van der Waals surface area contributed by atoms with Gasteiger partial charge in [0.15, 0.2) is 0 Å². The van der Waals surface area contributed by atoms with Gasteiger partial charge in [-0.1, -0.05) is 6.92 Å². The third kappa shape index (κ3) is 4.86. The van der Waals surface area contributed by atoms with Crippen LogP contribution in [0.4, 0.5) is 4.79 Å². The van der Waals surface area contributed by atoms with Crippen molar-refractivity contribution in [2.45, 2.75) is 32.7 Å². The van der Waals surface area contributed by atoms with E-state index in [4.69, 9.17) is 5.11 Å². The highest BCUT2D eigenvalue weighted by molar-refractivity contribution is 7.09. The molecule has 0 bridgehead atoms. The summed E-state index contributed by atoms with van der Waals surface area (Å²) in [6.45, 7) is 5.67. The molecule has 0 saturated carbocycles. The van der Waals surface area contributed by atoms with Gasteiger partial charge in [0.05, 0.1) is 10.9 Å². The molecule has 0 radical (unpaired) electrons. The van der Waals surface area contributed by atoms with Crippen molar-refractivity contribution in [3.8, 4) is 0 Å². The first-order chi connectivity index (χ1) is 8.91. The molecular formula is C12H19N3O3S. The van der Waals surface area contributed by atoms with Gasteiger partial charge in [-0.2, -0.15) is 0 Å². The van der Waals surface area contributed by atoms with Gasteiger partial charge in [-0.15, -0.1) is 11.3 Å². The summed E-state index contributed by atoms with van der Waals surface area (Å²) in [5.74, 6) is -1.41. The fourth-order valence-electron chi connectivity index (χ4n) is 1.41. The van der Waals surface area contributed by atoms with E-state index in [1.165, 1.54) is 0 Å². The fourth-order valence-corrected chi connectivity index (χ4v) is 2.11. The molecule has 1 aromatic heterocycles. The summed E-state index contributed by atoms with van der Waals surface area (Å²) < 4.78 is 0. The number of nitrogens with one attached hydrogen (secondary N) is 2. The van der Waals surface area contributed by atoms with E-state index < -0.39 is 17.9 Å². The van der Waals surface area contributed by atoms with Crippen LogP contribution in [0, 0.1) is 5.92 Å². The van der Waals surface area contributed by atoms with Crippen molar-refractivity contribution in [3.05, 3.63) is 16.6 Å². The van der Waals surface area contributed by atoms with Gasteiger partial charge in [-0.25, -0.2) is 9.78 Å². The lowest BCUT2D eigenvalue weighted by Gasteiger charge is -2.18.